The molecule has 36 valence electrons. The quantitative estimate of drug-likeness (QED) is 0.484. The van der Waals surface area contributed by atoms with Crippen LogP contribution in [-0.4, -0.2) is 0 Å². The standard InChI is InChI=1S/C5H5.Rh.2H/c1-2-4-5-3-1;;;/h1-3H,4H2;;;/q;+2;2*-1. The summed E-state index contributed by atoms with van der Waals surface area (Å²) in [6, 6.07) is 0. The Bertz CT molecular complexity index is 107. The maximum atomic E-state index is 2.84. The summed E-state index contributed by atoms with van der Waals surface area (Å²) < 4.78 is 1.36. The van der Waals surface area contributed by atoms with Crippen LogP contribution < -0.4 is 0 Å². The van der Waals surface area contributed by atoms with Crippen LogP contribution in [0.2, 0.25) is 0 Å². The minimum absolute atomic E-state index is 0. The van der Waals surface area contributed by atoms with Crippen LogP contribution in [0.5, 0.6) is 0 Å². The molecule has 1 aliphatic rings. The molecule has 0 N–H and O–H groups in total. The molecule has 1 heteroatoms. The van der Waals surface area contributed by atoms with Crippen molar-refractivity contribution < 1.29 is 21.2 Å². The summed E-state index contributed by atoms with van der Waals surface area (Å²) in [6.07, 6.45) is 7.41. The van der Waals surface area contributed by atoms with E-state index in [0.29, 0.717) is 0 Å². The van der Waals surface area contributed by atoms with Gasteiger partial charge in [-0.2, -0.15) is 0 Å². The van der Waals surface area contributed by atoms with Crippen molar-refractivity contribution in [3.05, 3.63) is 22.4 Å². The molecule has 0 fully saturated rings. The number of allylic oxidation sites excluding steroid dienone is 4. The molecule has 0 aliphatic heterocycles. The predicted octanol–water partition coefficient (Wildman–Crippen LogP) is 1.60. The van der Waals surface area contributed by atoms with E-state index in [4.69, 9.17) is 0 Å². The summed E-state index contributed by atoms with van der Waals surface area (Å²) in [5.41, 5.74) is 0. The van der Waals surface area contributed by atoms with Gasteiger partial charge in [-0.05, 0) is 0 Å². The molecule has 0 atom stereocenters. The maximum absolute atomic E-state index is 2.84. The van der Waals surface area contributed by atoms with E-state index in [0.717, 1.165) is 6.42 Å². The van der Waals surface area contributed by atoms with Crippen LogP contribution in [0, 0.1) is 0 Å². The Balaban J connectivity index is 0. The molecule has 0 aromatic rings. The molecule has 0 saturated heterocycles. The molecule has 0 aromatic heterocycles. The topological polar surface area (TPSA) is 0 Å². The van der Waals surface area contributed by atoms with Gasteiger partial charge in [-0.25, -0.2) is 0 Å². The molecular formula is C5H7Rh. The molecule has 0 spiro atoms. The first kappa shape index (κ1) is 4.27. The van der Waals surface area contributed by atoms with Crippen molar-refractivity contribution in [3.8, 4) is 0 Å². The van der Waals surface area contributed by atoms with Crippen LogP contribution in [0.4, 0.5) is 0 Å². The molecule has 1 aliphatic carbocycles. The number of hydrogen-bond acceptors (Lipinski definition) is 0. The summed E-state index contributed by atoms with van der Waals surface area (Å²) in [7, 11) is 0. The molecule has 1 rings (SSSR count). The predicted molar refractivity (Wildman–Crippen MR) is 24.1 cm³/mol. The summed E-state index contributed by atoms with van der Waals surface area (Å²) in [6.45, 7) is 0. The van der Waals surface area contributed by atoms with Gasteiger partial charge in [0.05, 0.1) is 0 Å². The van der Waals surface area contributed by atoms with Gasteiger partial charge in [-0.1, -0.05) is 0 Å². The van der Waals surface area contributed by atoms with Crippen LogP contribution in [0.15, 0.2) is 22.4 Å². The second-order valence-electron chi connectivity index (χ2n) is 1.22. The van der Waals surface area contributed by atoms with Crippen LogP contribution in [0.1, 0.15) is 9.27 Å². The Morgan fingerprint density at radius 2 is 2.67 bits per heavy atom. The van der Waals surface area contributed by atoms with Crippen molar-refractivity contribution in [2.75, 3.05) is 0 Å². The first-order valence-electron chi connectivity index (χ1n) is 1.88. The zero-order valence-corrected chi connectivity index (χ0v) is 4.91. The second kappa shape index (κ2) is 1.70. The van der Waals surface area contributed by atoms with Gasteiger partial charge < -0.3 is 2.85 Å². The molecule has 0 unspecified atom stereocenters. The van der Waals surface area contributed by atoms with Crippen molar-refractivity contribution in [2.45, 2.75) is 6.42 Å². The van der Waals surface area contributed by atoms with E-state index in [1.165, 1.54) is 4.17 Å². The summed E-state index contributed by atoms with van der Waals surface area (Å²) in [4.78, 5) is 0. The molecule has 0 saturated carbocycles. The molecule has 0 aromatic carbocycles. The van der Waals surface area contributed by atoms with Crippen molar-refractivity contribution in [1.82, 2.24) is 0 Å². The first-order valence-corrected chi connectivity index (χ1v) is 2.70. The van der Waals surface area contributed by atoms with Gasteiger partial charge >= 0.3 is 47.1 Å². The van der Waals surface area contributed by atoms with E-state index >= 15 is 0 Å². The second-order valence-corrected chi connectivity index (χ2v) is 2.27. The summed E-state index contributed by atoms with van der Waals surface area (Å²) >= 11 is 2.84. The number of rotatable bonds is 0. The van der Waals surface area contributed by atoms with Crippen molar-refractivity contribution >= 4 is 0 Å². The van der Waals surface area contributed by atoms with Crippen molar-refractivity contribution in [3.63, 3.8) is 0 Å². The minimum atomic E-state index is 0. The zero-order valence-electron chi connectivity index (χ0n) is 5.27. The van der Waals surface area contributed by atoms with E-state index < -0.39 is 0 Å². The molecule has 6 heavy (non-hydrogen) atoms. The van der Waals surface area contributed by atoms with E-state index in [1.54, 1.807) is 0 Å². The average molecular weight is 170 g/mol. The summed E-state index contributed by atoms with van der Waals surface area (Å²) in [5, 5.41) is 0. The van der Waals surface area contributed by atoms with Crippen LogP contribution >= 0.6 is 0 Å². The Morgan fingerprint density at radius 3 is 2.83 bits per heavy atom. The van der Waals surface area contributed by atoms with Gasteiger partial charge in [0.1, 0.15) is 0 Å². The molecule has 0 radical (unpaired) electrons. The van der Waals surface area contributed by atoms with Gasteiger partial charge in [-0.3, -0.25) is 0 Å². The van der Waals surface area contributed by atoms with Crippen LogP contribution in [0.3, 0.4) is 0 Å². The molecule has 0 nitrogen and oxygen atoms in total. The van der Waals surface area contributed by atoms with E-state index in [2.05, 4.69) is 36.5 Å². The van der Waals surface area contributed by atoms with Gasteiger partial charge in [0.2, 0.25) is 0 Å². The fraction of sp³-hybridized carbons (Fsp3) is 0.200. The van der Waals surface area contributed by atoms with Crippen LogP contribution in [0.25, 0.3) is 0 Å². The third kappa shape index (κ3) is 0.783. The van der Waals surface area contributed by atoms with Gasteiger partial charge in [0.25, 0.3) is 0 Å². The van der Waals surface area contributed by atoms with Gasteiger partial charge in [-0.15, -0.1) is 0 Å². The monoisotopic (exact) mass is 170 g/mol. The van der Waals surface area contributed by atoms with E-state index in [1.807, 2.05) is 0 Å². The first-order chi connectivity index (χ1) is 2.89. The summed E-state index contributed by atoms with van der Waals surface area (Å²) in [5.74, 6) is 0. The number of hydrogen-bond donors (Lipinski definition) is 0. The third-order valence-electron chi connectivity index (χ3n) is 0.709. The molecule has 0 amide bonds. The van der Waals surface area contributed by atoms with Crippen molar-refractivity contribution in [1.29, 1.82) is 0 Å². The zero-order chi connectivity index (χ0) is 4.41. The molecular weight excluding hydrogens is 163 g/mol. The molecule has 0 heterocycles. The fourth-order valence-electron chi connectivity index (χ4n) is 0.412. The SMILES string of the molecule is [H-].[H-].[Rh+2][C]1=CC=CC1. The van der Waals surface area contributed by atoms with Crippen molar-refractivity contribution in [2.24, 2.45) is 0 Å². The van der Waals surface area contributed by atoms with Gasteiger partial charge in [0, 0.05) is 0 Å². The van der Waals surface area contributed by atoms with E-state index in [9.17, 15) is 0 Å². The Labute approximate surface area is 50.6 Å². The Hall–Kier alpha value is 0.103. The van der Waals surface area contributed by atoms with Gasteiger partial charge in [0.15, 0.2) is 0 Å². The van der Waals surface area contributed by atoms with Crippen LogP contribution in [-0.2, 0) is 18.3 Å². The molecule has 0 bridgehead atoms. The normalized spacial score (nSPS) is 18.5. The Morgan fingerprint density at radius 1 is 1.83 bits per heavy atom. The fourth-order valence-corrected chi connectivity index (χ4v) is 0.762. The third-order valence-corrected chi connectivity index (χ3v) is 1.32. The average Bonchev–Trinajstić information content (AvgIpc) is 1.86. The Kier molecular flexibility index (Phi) is 1.21. The van der Waals surface area contributed by atoms with E-state index in [-0.39, 0.29) is 2.85 Å².